The molecule has 0 saturated heterocycles. The summed E-state index contributed by atoms with van der Waals surface area (Å²) in [5, 5.41) is 3.14. The van der Waals surface area contributed by atoms with E-state index >= 15 is 0 Å². The maximum absolute atomic E-state index is 13.4. The van der Waals surface area contributed by atoms with Gasteiger partial charge < -0.3 is 14.5 Å². The highest BCUT2D eigenvalue weighted by Gasteiger charge is 2.12. The second kappa shape index (κ2) is 6.29. The van der Waals surface area contributed by atoms with E-state index in [1.165, 1.54) is 18.4 Å². The molecular formula is C13H14F2N2O2. The standard InChI is InChI=1S/C13H14F2N2O2/c1-2-6-16-7-9-8-18-13(17-9)19-11-5-3-4-10(14)12(11)15/h3-5,8,16H,2,6-7H2,1H3. The van der Waals surface area contributed by atoms with Gasteiger partial charge in [0.05, 0.1) is 5.69 Å². The van der Waals surface area contributed by atoms with E-state index < -0.39 is 11.6 Å². The Hall–Kier alpha value is -1.95. The molecule has 0 spiro atoms. The van der Waals surface area contributed by atoms with Gasteiger partial charge in [0.2, 0.25) is 5.82 Å². The van der Waals surface area contributed by atoms with Crippen molar-refractivity contribution in [2.24, 2.45) is 0 Å². The van der Waals surface area contributed by atoms with E-state index in [2.05, 4.69) is 17.2 Å². The van der Waals surface area contributed by atoms with Crippen LogP contribution in [0.25, 0.3) is 0 Å². The summed E-state index contributed by atoms with van der Waals surface area (Å²) in [5.74, 6) is -2.30. The highest BCUT2D eigenvalue weighted by atomic mass is 19.2. The number of rotatable bonds is 6. The van der Waals surface area contributed by atoms with Crippen molar-refractivity contribution in [3.63, 3.8) is 0 Å². The maximum atomic E-state index is 13.4. The summed E-state index contributed by atoms with van der Waals surface area (Å²) in [7, 11) is 0. The third-order valence-corrected chi connectivity index (χ3v) is 2.38. The highest BCUT2D eigenvalue weighted by molar-refractivity contribution is 5.27. The van der Waals surface area contributed by atoms with Gasteiger partial charge in [0, 0.05) is 6.54 Å². The molecule has 4 nitrogen and oxygen atoms in total. The fourth-order valence-electron chi connectivity index (χ4n) is 1.47. The molecule has 102 valence electrons. The van der Waals surface area contributed by atoms with Gasteiger partial charge >= 0.3 is 6.08 Å². The van der Waals surface area contributed by atoms with Gasteiger partial charge in [-0.3, -0.25) is 0 Å². The van der Waals surface area contributed by atoms with Crippen LogP contribution in [0.2, 0.25) is 0 Å². The molecule has 19 heavy (non-hydrogen) atoms. The second-order valence-electron chi connectivity index (χ2n) is 3.94. The topological polar surface area (TPSA) is 47.3 Å². The van der Waals surface area contributed by atoms with Crippen molar-refractivity contribution in [1.82, 2.24) is 10.3 Å². The number of nitrogens with zero attached hydrogens (tertiary/aromatic N) is 1. The zero-order valence-electron chi connectivity index (χ0n) is 10.5. The van der Waals surface area contributed by atoms with Crippen LogP contribution in [0.1, 0.15) is 19.0 Å². The summed E-state index contributed by atoms with van der Waals surface area (Å²) in [6.07, 6.45) is 2.31. The van der Waals surface area contributed by atoms with Gasteiger partial charge in [-0.25, -0.2) is 4.39 Å². The van der Waals surface area contributed by atoms with E-state index in [9.17, 15) is 8.78 Å². The Bertz CT molecular complexity index is 543. The molecule has 0 aliphatic heterocycles. The first-order valence-corrected chi connectivity index (χ1v) is 5.97. The molecule has 0 amide bonds. The Morgan fingerprint density at radius 2 is 2.21 bits per heavy atom. The third-order valence-electron chi connectivity index (χ3n) is 2.38. The number of aromatic nitrogens is 1. The summed E-state index contributed by atoms with van der Waals surface area (Å²) in [6, 6.07) is 3.66. The maximum Gasteiger partial charge on any atom is 0.399 e. The minimum atomic E-state index is -1.06. The SMILES string of the molecule is CCCNCc1coc(Oc2cccc(F)c2F)n1. The van der Waals surface area contributed by atoms with Gasteiger partial charge in [0.15, 0.2) is 11.6 Å². The molecule has 1 heterocycles. The van der Waals surface area contributed by atoms with Crippen molar-refractivity contribution in [2.75, 3.05) is 6.54 Å². The fourth-order valence-corrected chi connectivity index (χ4v) is 1.47. The third kappa shape index (κ3) is 3.51. The Labute approximate surface area is 109 Å². The Morgan fingerprint density at radius 1 is 1.37 bits per heavy atom. The Balaban J connectivity index is 2.01. The van der Waals surface area contributed by atoms with Crippen molar-refractivity contribution in [3.8, 4) is 11.8 Å². The van der Waals surface area contributed by atoms with E-state index in [-0.39, 0.29) is 11.8 Å². The zero-order valence-corrected chi connectivity index (χ0v) is 10.5. The lowest BCUT2D eigenvalue weighted by molar-refractivity contribution is 0.313. The first kappa shape index (κ1) is 13.5. The number of benzene rings is 1. The predicted molar refractivity (Wildman–Crippen MR) is 64.9 cm³/mol. The van der Waals surface area contributed by atoms with Crippen molar-refractivity contribution in [2.45, 2.75) is 19.9 Å². The molecule has 0 atom stereocenters. The lowest BCUT2D eigenvalue weighted by Gasteiger charge is -2.02. The molecule has 0 saturated carbocycles. The molecule has 0 aliphatic rings. The quantitative estimate of drug-likeness (QED) is 0.817. The van der Waals surface area contributed by atoms with Crippen molar-refractivity contribution >= 4 is 0 Å². The molecule has 2 rings (SSSR count). The molecule has 1 aromatic carbocycles. The lowest BCUT2D eigenvalue weighted by Crippen LogP contribution is -2.13. The van der Waals surface area contributed by atoms with Crippen molar-refractivity contribution in [1.29, 1.82) is 0 Å². The van der Waals surface area contributed by atoms with Crippen LogP contribution in [0.15, 0.2) is 28.9 Å². The Kier molecular flexibility index (Phi) is 4.46. The monoisotopic (exact) mass is 268 g/mol. The predicted octanol–water partition coefficient (Wildman–Crippen LogP) is 3.24. The molecule has 0 fully saturated rings. The van der Waals surface area contributed by atoms with Crippen LogP contribution in [-0.4, -0.2) is 11.5 Å². The van der Waals surface area contributed by atoms with Crippen LogP contribution in [0.5, 0.6) is 11.8 Å². The number of ether oxygens (including phenoxy) is 1. The molecule has 1 aromatic heterocycles. The number of nitrogens with one attached hydrogen (secondary N) is 1. The van der Waals surface area contributed by atoms with Gasteiger partial charge in [-0.1, -0.05) is 13.0 Å². The van der Waals surface area contributed by atoms with Crippen LogP contribution in [0.3, 0.4) is 0 Å². The van der Waals surface area contributed by atoms with E-state index in [1.54, 1.807) is 0 Å². The van der Waals surface area contributed by atoms with Crippen LogP contribution in [0.4, 0.5) is 8.78 Å². The van der Waals surface area contributed by atoms with Crippen LogP contribution < -0.4 is 10.1 Å². The number of hydrogen-bond donors (Lipinski definition) is 1. The Morgan fingerprint density at radius 3 is 3.00 bits per heavy atom. The van der Waals surface area contributed by atoms with Crippen LogP contribution in [0, 0.1) is 11.6 Å². The summed E-state index contributed by atoms with van der Waals surface area (Å²) in [4.78, 5) is 4.01. The van der Waals surface area contributed by atoms with E-state index in [4.69, 9.17) is 9.15 Å². The molecule has 0 radical (unpaired) electrons. The number of halogens is 2. The van der Waals surface area contributed by atoms with Gasteiger partial charge in [-0.15, -0.1) is 0 Å². The lowest BCUT2D eigenvalue weighted by atomic mass is 10.3. The summed E-state index contributed by atoms with van der Waals surface area (Å²) < 4.78 is 36.4. The minimum Gasteiger partial charge on any atom is -0.417 e. The van der Waals surface area contributed by atoms with Crippen molar-refractivity contribution in [3.05, 3.63) is 41.8 Å². The fraction of sp³-hybridized carbons (Fsp3) is 0.308. The molecule has 0 unspecified atom stereocenters. The van der Waals surface area contributed by atoms with Gasteiger partial charge in [0.1, 0.15) is 6.26 Å². The van der Waals surface area contributed by atoms with Gasteiger partial charge in [0.25, 0.3) is 0 Å². The zero-order chi connectivity index (χ0) is 13.7. The van der Waals surface area contributed by atoms with Gasteiger partial charge in [-0.2, -0.15) is 9.37 Å². The molecule has 1 N–H and O–H groups in total. The van der Waals surface area contributed by atoms with E-state index in [0.717, 1.165) is 19.0 Å². The van der Waals surface area contributed by atoms with Crippen LogP contribution >= 0.6 is 0 Å². The second-order valence-corrected chi connectivity index (χ2v) is 3.94. The first-order valence-electron chi connectivity index (χ1n) is 5.97. The molecule has 0 aliphatic carbocycles. The van der Waals surface area contributed by atoms with Gasteiger partial charge in [-0.05, 0) is 25.1 Å². The minimum absolute atomic E-state index is 0.113. The summed E-state index contributed by atoms with van der Waals surface area (Å²) in [6.45, 7) is 3.45. The largest absolute Gasteiger partial charge is 0.417 e. The summed E-state index contributed by atoms with van der Waals surface area (Å²) in [5.41, 5.74) is 0.639. The average molecular weight is 268 g/mol. The smallest absolute Gasteiger partial charge is 0.399 e. The molecule has 0 bridgehead atoms. The summed E-state index contributed by atoms with van der Waals surface area (Å²) >= 11 is 0. The number of oxazole rings is 1. The van der Waals surface area contributed by atoms with Crippen LogP contribution in [-0.2, 0) is 6.54 Å². The van der Waals surface area contributed by atoms with Crippen molar-refractivity contribution < 1.29 is 17.9 Å². The number of hydrogen-bond acceptors (Lipinski definition) is 4. The first-order chi connectivity index (χ1) is 9.20. The highest BCUT2D eigenvalue weighted by Crippen LogP contribution is 2.25. The molecule has 2 aromatic rings. The molecule has 6 heteroatoms. The van der Waals surface area contributed by atoms with E-state index in [1.807, 2.05) is 0 Å². The average Bonchev–Trinajstić information content (AvgIpc) is 2.83. The normalized spacial score (nSPS) is 10.7. The molecular weight excluding hydrogens is 254 g/mol. The van der Waals surface area contributed by atoms with E-state index in [0.29, 0.717) is 12.2 Å².